The number of rotatable bonds is 1. The monoisotopic (exact) mass is 479 g/mol. The molecule has 4 aliphatic rings. The lowest BCUT2D eigenvalue weighted by Gasteiger charge is -2.31. The SMILES string of the molecule is CC[C@@]1(O)C(=O)OCc2c1cc1n(c2=O)Cc2c-1nc1cc3c(c4c1c2[C@H](N)CS4)OCCO3. The lowest BCUT2D eigenvalue weighted by molar-refractivity contribution is -0.172. The molecule has 0 saturated heterocycles. The van der Waals surface area contributed by atoms with Gasteiger partial charge in [-0.1, -0.05) is 6.92 Å². The van der Waals surface area contributed by atoms with Crippen LogP contribution in [0.2, 0.25) is 0 Å². The van der Waals surface area contributed by atoms with Crippen molar-refractivity contribution in [2.45, 2.75) is 43.0 Å². The molecule has 4 aliphatic heterocycles. The number of hydrogen-bond acceptors (Lipinski definition) is 9. The van der Waals surface area contributed by atoms with E-state index in [9.17, 15) is 14.7 Å². The van der Waals surface area contributed by atoms with E-state index in [1.165, 1.54) is 0 Å². The standard InChI is InChI=1S/C24H21N3O6S/c1-2-24(30)12-5-15-19-10(7-27(15)22(28)11(12)8-33-23(24)29)17-13(25)9-34-21-18(17)14(26-19)6-16-20(21)32-4-3-31-16/h5-6,13,30H,2-4,7-9,25H2,1H3/t13-,24+/m1/s1. The maximum Gasteiger partial charge on any atom is 0.343 e. The van der Waals surface area contributed by atoms with Gasteiger partial charge in [0.05, 0.1) is 33.9 Å². The summed E-state index contributed by atoms with van der Waals surface area (Å²) in [4.78, 5) is 31.9. The smallest absolute Gasteiger partial charge is 0.343 e. The Morgan fingerprint density at radius 3 is 2.88 bits per heavy atom. The minimum Gasteiger partial charge on any atom is -0.486 e. The Hall–Kier alpha value is -3.08. The second-order valence-electron chi connectivity index (χ2n) is 9.00. The maximum absolute atomic E-state index is 13.5. The van der Waals surface area contributed by atoms with Crippen molar-refractivity contribution in [2.75, 3.05) is 19.0 Å². The Morgan fingerprint density at radius 1 is 1.24 bits per heavy atom. The van der Waals surface area contributed by atoms with E-state index in [0.717, 1.165) is 32.7 Å². The van der Waals surface area contributed by atoms with Crippen molar-refractivity contribution in [1.29, 1.82) is 0 Å². The first-order valence-corrected chi connectivity index (χ1v) is 12.3. The zero-order valence-corrected chi connectivity index (χ0v) is 19.2. The van der Waals surface area contributed by atoms with Crippen molar-refractivity contribution in [3.05, 3.63) is 44.7 Å². The van der Waals surface area contributed by atoms with Crippen molar-refractivity contribution in [2.24, 2.45) is 5.73 Å². The molecule has 3 aromatic rings. The van der Waals surface area contributed by atoms with Gasteiger partial charge in [0.15, 0.2) is 17.1 Å². The van der Waals surface area contributed by atoms with Gasteiger partial charge in [-0.15, -0.1) is 11.8 Å². The van der Waals surface area contributed by atoms with Gasteiger partial charge >= 0.3 is 5.97 Å². The number of pyridine rings is 2. The lowest BCUT2D eigenvalue weighted by atomic mass is 9.86. The fourth-order valence-electron chi connectivity index (χ4n) is 5.54. The first-order valence-electron chi connectivity index (χ1n) is 11.3. The molecular formula is C24H21N3O6S. The number of hydrogen-bond donors (Lipinski definition) is 2. The number of cyclic esters (lactones) is 1. The summed E-state index contributed by atoms with van der Waals surface area (Å²) < 4.78 is 18.6. The number of ether oxygens (including phenoxy) is 3. The zero-order valence-electron chi connectivity index (χ0n) is 18.3. The highest BCUT2D eigenvalue weighted by molar-refractivity contribution is 7.99. The van der Waals surface area contributed by atoms with E-state index >= 15 is 0 Å². The predicted octanol–water partition coefficient (Wildman–Crippen LogP) is 1.96. The van der Waals surface area contributed by atoms with Crippen molar-refractivity contribution in [3.63, 3.8) is 0 Å². The van der Waals surface area contributed by atoms with Gasteiger partial charge in [0.1, 0.15) is 19.8 Å². The maximum atomic E-state index is 13.5. The van der Waals surface area contributed by atoms with Gasteiger partial charge in [0.2, 0.25) is 0 Å². The van der Waals surface area contributed by atoms with Gasteiger partial charge in [-0.05, 0) is 18.1 Å². The molecule has 2 aromatic heterocycles. The van der Waals surface area contributed by atoms with Gasteiger partial charge in [-0.2, -0.15) is 0 Å². The van der Waals surface area contributed by atoms with Crippen LogP contribution in [0.5, 0.6) is 11.5 Å². The zero-order chi connectivity index (χ0) is 23.4. The minimum absolute atomic E-state index is 0.0971. The third-order valence-corrected chi connectivity index (χ3v) is 8.46. The number of aliphatic hydroxyl groups is 1. The quantitative estimate of drug-likeness (QED) is 0.394. The molecule has 2 atom stereocenters. The number of esters is 1. The molecular weight excluding hydrogens is 458 g/mol. The molecule has 0 bridgehead atoms. The topological polar surface area (TPSA) is 126 Å². The van der Waals surface area contributed by atoms with E-state index in [2.05, 4.69) is 0 Å². The minimum atomic E-state index is -1.86. The molecule has 7 rings (SSSR count). The van der Waals surface area contributed by atoms with Crippen LogP contribution in [0.3, 0.4) is 0 Å². The van der Waals surface area contributed by atoms with Crippen LogP contribution in [0.25, 0.3) is 22.3 Å². The predicted molar refractivity (Wildman–Crippen MR) is 123 cm³/mol. The number of carbonyl (C=O) groups excluding carboxylic acids is 1. The first kappa shape index (κ1) is 20.3. The molecule has 34 heavy (non-hydrogen) atoms. The molecule has 9 nitrogen and oxygen atoms in total. The van der Waals surface area contributed by atoms with E-state index in [-0.39, 0.29) is 24.6 Å². The Morgan fingerprint density at radius 2 is 2.06 bits per heavy atom. The fraction of sp³-hybridized carbons (Fsp3) is 0.375. The number of aromatic nitrogens is 2. The van der Waals surface area contributed by atoms with Crippen LogP contribution in [0.15, 0.2) is 21.8 Å². The molecule has 0 radical (unpaired) electrons. The third-order valence-electron chi connectivity index (χ3n) is 7.26. The van der Waals surface area contributed by atoms with E-state index in [1.807, 2.05) is 6.07 Å². The highest BCUT2D eigenvalue weighted by Crippen LogP contribution is 2.52. The average molecular weight is 480 g/mol. The van der Waals surface area contributed by atoms with Gasteiger partial charge in [0, 0.05) is 34.4 Å². The van der Waals surface area contributed by atoms with Crippen LogP contribution in [-0.4, -0.2) is 39.6 Å². The fourth-order valence-corrected chi connectivity index (χ4v) is 6.71. The number of benzene rings is 1. The summed E-state index contributed by atoms with van der Waals surface area (Å²) in [6.45, 7) is 2.81. The molecule has 0 aliphatic carbocycles. The summed E-state index contributed by atoms with van der Waals surface area (Å²) in [7, 11) is 0. The molecule has 0 unspecified atom stereocenters. The summed E-state index contributed by atoms with van der Waals surface area (Å²) in [5, 5.41) is 12.0. The summed E-state index contributed by atoms with van der Waals surface area (Å²) in [5.74, 6) is 1.31. The molecule has 0 amide bonds. The van der Waals surface area contributed by atoms with Crippen LogP contribution in [0, 0.1) is 0 Å². The first-order chi connectivity index (χ1) is 16.4. The summed E-state index contributed by atoms with van der Waals surface area (Å²) in [5.41, 5.74) is 8.87. The third kappa shape index (κ3) is 2.40. The van der Waals surface area contributed by atoms with Gasteiger partial charge < -0.3 is 29.6 Å². The second kappa shape index (κ2) is 6.74. The Balaban J connectivity index is 1.55. The number of nitrogens with two attached hydrogens (primary N) is 1. The molecule has 174 valence electrons. The molecule has 10 heteroatoms. The van der Waals surface area contributed by atoms with Gasteiger partial charge in [-0.25, -0.2) is 9.78 Å². The molecule has 0 spiro atoms. The molecule has 0 saturated carbocycles. The highest BCUT2D eigenvalue weighted by atomic mass is 32.2. The van der Waals surface area contributed by atoms with Crippen LogP contribution < -0.4 is 20.8 Å². The number of nitrogens with zero attached hydrogens (tertiary/aromatic N) is 2. The van der Waals surface area contributed by atoms with E-state index in [1.54, 1.807) is 29.3 Å². The number of carbonyl (C=O) groups is 1. The summed E-state index contributed by atoms with van der Waals surface area (Å²) >= 11 is 1.63. The van der Waals surface area contributed by atoms with Crippen molar-refractivity contribution in [3.8, 4) is 22.9 Å². The highest BCUT2D eigenvalue weighted by Gasteiger charge is 2.46. The van der Waals surface area contributed by atoms with Gasteiger partial charge in [0.25, 0.3) is 5.56 Å². The molecule has 6 heterocycles. The van der Waals surface area contributed by atoms with Gasteiger partial charge in [-0.3, -0.25) is 4.79 Å². The Bertz CT molecular complexity index is 1520. The normalized spacial score (nSPS) is 23.9. The van der Waals surface area contributed by atoms with Crippen LogP contribution in [-0.2, 0) is 28.3 Å². The van der Waals surface area contributed by atoms with Crippen LogP contribution in [0.4, 0.5) is 0 Å². The van der Waals surface area contributed by atoms with Crippen molar-refractivity contribution in [1.82, 2.24) is 9.55 Å². The second-order valence-corrected chi connectivity index (χ2v) is 10.0. The van der Waals surface area contributed by atoms with Crippen molar-refractivity contribution >= 4 is 28.6 Å². The van der Waals surface area contributed by atoms with Crippen molar-refractivity contribution < 1.29 is 24.1 Å². The molecule has 3 N–H and O–H groups in total. The number of fused-ring (bicyclic) bond motifs is 7. The lowest BCUT2D eigenvalue weighted by Crippen LogP contribution is -2.44. The Kier molecular flexibility index (Phi) is 4.03. The number of thioether (sulfide) groups is 1. The average Bonchev–Trinajstić information content (AvgIpc) is 3.21. The van der Waals surface area contributed by atoms with E-state index in [0.29, 0.717) is 53.8 Å². The Labute approximate surface area is 197 Å². The largest absolute Gasteiger partial charge is 0.486 e. The van der Waals surface area contributed by atoms with Crippen LogP contribution in [0.1, 0.15) is 41.6 Å². The molecule has 0 fully saturated rings. The van der Waals surface area contributed by atoms with E-state index in [4.69, 9.17) is 24.9 Å². The summed E-state index contributed by atoms with van der Waals surface area (Å²) in [6, 6.07) is 3.35. The summed E-state index contributed by atoms with van der Waals surface area (Å²) in [6.07, 6.45) is 0.0971. The van der Waals surface area contributed by atoms with Crippen LogP contribution >= 0.6 is 11.8 Å². The molecule has 1 aromatic carbocycles. The van der Waals surface area contributed by atoms with E-state index < -0.39 is 11.6 Å².